The van der Waals surface area contributed by atoms with Crippen LogP contribution < -0.4 is 11.3 Å². The molecule has 2 rings (SSSR count). The van der Waals surface area contributed by atoms with E-state index < -0.39 is 0 Å². The molecule has 0 bridgehead atoms. The summed E-state index contributed by atoms with van der Waals surface area (Å²) >= 11 is 0. The summed E-state index contributed by atoms with van der Waals surface area (Å²) in [5, 5.41) is 1.03. The summed E-state index contributed by atoms with van der Waals surface area (Å²) in [4.78, 5) is 4.26. The molecule has 3 nitrogen and oxygen atoms in total. The molecule has 1 aromatic heterocycles. The van der Waals surface area contributed by atoms with Crippen molar-refractivity contribution >= 4 is 10.9 Å². The zero-order valence-corrected chi connectivity index (χ0v) is 8.14. The molecule has 2 aromatic rings. The second-order valence-electron chi connectivity index (χ2n) is 3.18. The minimum absolute atomic E-state index is 0.280. The second kappa shape index (κ2) is 4.09. The summed E-state index contributed by atoms with van der Waals surface area (Å²) in [5.41, 5.74) is 4.50. The lowest BCUT2D eigenvalue weighted by Gasteiger charge is -2.11. The number of nitrogens with zero attached hydrogens (tertiary/aromatic N) is 1. The molecule has 0 saturated carbocycles. The van der Waals surface area contributed by atoms with Crippen LogP contribution in [0.25, 0.3) is 10.9 Å². The molecular weight excluding hydrogens is 186 g/mol. The molecule has 0 aliphatic carbocycles. The van der Waals surface area contributed by atoms with Crippen molar-refractivity contribution < 1.29 is 0 Å². The van der Waals surface area contributed by atoms with Crippen molar-refractivity contribution in [2.45, 2.75) is 6.04 Å². The number of rotatable bonds is 2. The Labute approximate surface area is 88.3 Å². The van der Waals surface area contributed by atoms with Crippen molar-refractivity contribution in [3.63, 3.8) is 0 Å². The van der Waals surface area contributed by atoms with Gasteiger partial charge in [0.2, 0.25) is 0 Å². The number of nitrogens with two attached hydrogens (primary N) is 1. The Morgan fingerprint density at radius 2 is 2.20 bits per heavy atom. The molecule has 0 radical (unpaired) electrons. The zero-order chi connectivity index (χ0) is 10.7. The number of fused-ring (bicyclic) bond motifs is 1. The third kappa shape index (κ3) is 1.68. The van der Waals surface area contributed by atoms with E-state index in [2.05, 4.69) is 16.3 Å². The highest BCUT2D eigenvalue weighted by Crippen LogP contribution is 2.21. The second-order valence-corrected chi connectivity index (χ2v) is 3.18. The van der Waals surface area contributed by atoms with Crippen LogP contribution in [0.2, 0.25) is 0 Å². The van der Waals surface area contributed by atoms with Gasteiger partial charge in [0.05, 0.1) is 5.52 Å². The minimum Gasteiger partial charge on any atom is -0.270 e. The van der Waals surface area contributed by atoms with E-state index in [1.807, 2.05) is 30.3 Å². The largest absolute Gasteiger partial charge is 0.270 e. The monoisotopic (exact) mass is 197 g/mol. The van der Waals surface area contributed by atoms with E-state index in [1.54, 1.807) is 6.20 Å². The Balaban J connectivity index is 2.66. The van der Waals surface area contributed by atoms with Crippen molar-refractivity contribution in [3.05, 3.63) is 42.1 Å². The Bertz CT molecular complexity index is 508. The Morgan fingerprint density at radius 1 is 1.33 bits per heavy atom. The highest BCUT2D eigenvalue weighted by molar-refractivity contribution is 5.82. The lowest BCUT2D eigenvalue weighted by atomic mass is 10.0. The van der Waals surface area contributed by atoms with Gasteiger partial charge in [0.1, 0.15) is 6.04 Å². The van der Waals surface area contributed by atoms with Gasteiger partial charge < -0.3 is 0 Å². The summed E-state index contributed by atoms with van der Waals surface area (Å²) in [5.74, 6) is 7.99. The van der Waals surface area contributed by atoms with Gasteiger partial charge in [-0.25, -0.2) is 5.43 Å². The lowest BCUT2D eigenvalue weighted by molar-refractivity contribution is 0.678. The molecule has 3 N–H and O–H groups in total. The predicted octanol–water partition coefficient (Wildman–Crippen LogP) is 1.37. The van der Waals surface area contributed by atoms with Crippen LogP contribution in [0.1, 0.15) is 11.6 Å². The summed E-state index contributed by atoms with van der Waals surface area (Å²) in [6.45, 7) is 0. The zero-order valence-electron chi connectivity index (χ0n) is 8.14. The van der Waals surface area contributed by atoms with Crippen molar-refractivity contribution in [2.24, 2.45) is 5.84 Å². The molecule has 1 aromatic carbocycles. The molecule has 0 aliphatic heterocycles. The van der Waals surface area contributed by atoms with Crippen LogP contribution in [0, 0.1) is 12.3 Å². The summed E-state index contributed by atoms with van der Waals surface area (Å²) in [6.07, 6.45) is 7.15. The fourth-order valence-corrected chi connectivity index (χ4v) is 1.61. The van der Waals surface area contributed by atoms with Gasteiger partial charge >= 0.3 is 0 Å². The van der Waals surface area contributed by atoms with Crippen LogP contribution in [0.4, 0.5) is 0 Å². The normalized spacial score (nSPS) is 12.3. The number of benzene rings is 1. The van der Waals surface area contributed by atoms with Crippen molar-refractivity contribution in [2.75, 3.05) is 0 Å². The molecule has 1 heterocycles. The number of terminal acetylenes is 1. The van der Waals surface area contributed by atoms with Crippen LogP contribution in [-0.2, 0) is 0 Å². The fraction of sp³-hybridized carbons (Fsp3) is 0.0833. The third-order valence-corrected chi connectivity index (χ3v) is 2.32. The SMILES string of the molecule is C#CC(NN)c1cccc2ncccc12. The first-order valence-corrected chi connectivity index (χ1v) is 4.62. The average molecular weight is 197 g/mol. The highest BCUT2D eigenvalue weighted by atomic mass is 15.2. The van der Waals surface area contributed by atoms with E-state index in [4.69, 9.17) is 12.3 Å². The van der Waals surface area contributed by atoms with E-state index in [0.717, 1.165) is 16.5 Å². The van der Waals surface area contributed by atoms with Gasteiger partial charge in [0, 0.05) is 11.6 Å². The topological polar surface area (TPSA) is 50.9 Å². The first-order chi connectivity index (χ1) is 7.36. The van der Waals surface area contributed by atoms with Gasteiger partial charge in [0.25, 0.3) is 0 Å². The predicted molar refractivity (Wildman–Crippen MR) is 60.6 cm³/mol. The molecule has 74 valence electrons. The number of hydrazine groups is 1. The van der Waals surface area contributed by atoms with E-state index in [-0.39, 0.29) is 6.04 Å². The molecule has 0 amide bonds. The molecule has 15 heavy (non-hydrogen) atoms. The van der Waals surface area contributed by atoms with Gasteiger partial charge in [0.15, 0.2) is 0 Å². The standard InChI is InChI=1S/C12H11N3/c1-2-11(15-13)9-5-3-7-12-10(9)6-4-8-14-12/h1,3-8,11,15H,13H2. The first-order valence-electron chi connectivity index (χ1n) is 4.62. The van der Waals surface area contributed by atoms with Gasteiger partial charge in [-0.2, -0.15) is 0 Å². The maximum absolute atomic E-state index is 5.39. The maximum atomic E-state index is 5.39. The fourth-order valence-electron chi connectivity index (χ4n) is 1.61. The van der Waals surface area contributed by atoms with Crippen LogP contribution in [0.15, 0.2) is 36.5 Å². The average Bonchev–Trinajstić information content (AvgIpc) is 2.31. The molecule has 1 atom stereocenters. The number of pyridine rings is 1. The minimum atomic E-state index is -0.280. The maximum Gasteiger partial charge on any atom is 0.107 e. The van der Waals surface area contributed by atoms with E-state index in [9.17, 15) is 0 Å². The van der Waals surface area contributed by atoms with Gasteiger partial charge in [-0.3, -0.25) is 10.8 Å². The lowest BCUT2D eigenvalue weighted by Crippen LogP contribution is -2.26. The molecule has 0 saturated heterocycles. The third-order valence-electron chi connectivity index (χ3n) is 2.32. The molecular formula is C12H11N3. The highest BCUT2D eigenvalue weighted by Gasteiger charge is 2.09. The van der Waals surface area contributed by atoms with Crippen molar-refractivity contribution in [3.8, 4) is 12.3 Å². The number of nitrogens with one attached hydrogen (secondary N) is 1. The Morgan fingerprint density at radius 3 is 2.93 bits per heavy atom. The Kier molecular flexibility index (Phi) is 2.64. The van der Waals surface area contributed by atoms with Crippen LogP contribution in [-0.4, -0.2) is 4.98 Å². The van der Waals surface area contributed by atoms with Gasteiger partial charge in [-0.05, 0) is 17.7 Å². The van der Waals surface area contributed by atoms with Crippen molar-refractivity contribution in [1.29, 1.82) is 0 Å². The number of hydrogen-bond acceptors (Lipinski definition) is 3. The van der Waals surface area contributed by atoms with Crippen molar-refractivity contribution in [1.82, 2.24) is 10.4 Å². The van der Waals surface area contributed by atoms with Crippen LogP contribution >= 0.6 is 0 Å². The number of hydrogen-bond donors (Lipinski definition) is 2. The van der Waals surface area contributed by atoms with Crippen LogP contribution in [0.3, 0.4) is 0 Å². The summed E-state index contributed by atoms with van der Waals surface area (Å²) < 4.78 is 0. The van der Waals surface area contributed by atoms with E-state index >= 15 is 0 Å². The first kappa shape index (κ1) is 9.66. The van der Waals surface area contributed by atoms with E-state index in [0.29, 0.717) is 0 Å². The van der Waals surface area contributed by atoms with Crippen LogP contribution in [0.5, 0.6) is 0 Å². The molecule has 0 fully saturated rings. The molecule has 1 unspecified atom stereocenters. The smallest absolute Gasteiger partial charge is 0.107 e. The summed E-state index contributed by atoms with van der Waals surface area (Å²) in [6, 6.07) is 9.41. The summed E-state index contributed by atoms with van der Waals surface area (Å²) in [7, 11) is 0. The van der Waals surface area contributed by atoms with Gasteiger partial charge in [-0.15, -0.1) is 6.42 Å². The van der Waals surface area contributed by atoms with E-state index in [1.165, 1.54) is 0 Å². The van der Waals surface area contributed by atoms with Gasteiger partial charge in [-0.1, -0.05) is 24.1 Å². The molecule has 3 heteroatoms. The Hall–Kier alpha value is -1.89. The molecule has 0 aliphatic rings. The quantitative estimate of drug-likeness (QED) is 0.434. The number of aromatic nitrogens is 1. The molecule has 0 spiro atoms.